The molecule has 0 aromatic carbocycles. The van der Waals surface area contributed by atoms with Crippen molar-refractivity contribution in [3.8, 4) is 0 Å². The predicted octanol–water partition coefficient (Wildman–Crippen LogP) is 2.50. The van der Waals surface area contributed by atoms with Crippen LogP contribution in [0.1, 0.15) is 30.1 Å². The standard InChI is InChI=1S/C11H14BrNO2S/c1-11(15)3-2-4-13(7-11)10(14)8-5-9(12)16-6-8/h5-6,15H,2-4,7H2,1H3. The molecular formula is C11H14BrNO2S. The highest BCUT2D eigenvalue weighted by molar-refractivity contribution is 9.11. The molecule has 1 atom stereocenters. The average molecular weight is 304 g/mol. The van der Waals surface area contributed by atoms with Gasteiger partial charge in [-0.25, -0.2) is 0 Å². The molecule has 1 unspecified atom stereocenters. The van der Waals surface area contributed by atoms with Crippen molar-refractivity contribution in [2.45, 2.75) is 25.4 Å². The molecule has 5 heteroatoms. The van der Waals surface area contributed by atoms with Gasteiger partial charge in [0.15, 0.2) is 0 Å². The molecule has 0 aliphatic carbocycles. The number of aliphatic hydroxyl groups is 1. The third kappa shape index (κ3) is 2.64. The zero-order valence-electron chi connectivity index (χ0n) is 9.07. The van der Waals surface area contributed by atoms with Gasteiger partial charge in [0.05, 0.1) is 15.0 Å². The lowest BCUT2D eigenvalue weighted by Crippen LogP contribution is -2.48. The smallest absolute Gasteiger partial charge is 0.254 e. The highest BCUT2D eigenvalue weighted by Gasteiger charge is 2.31. The summed E-state index contributed by atoms with van der Waals surface area (Å²) in [6, 6.07) is 1.83. The SMILES string of the molecule is CC1(O)CCCN(C(=O)c2csc(Br)c2)C1. The van der Waals surface area contributed by atoms with Crippen LogP contribution in [0, 0.1) is 0 Å². The zero-order valence-corrected chi connectivity index (χ0v) is 11.5. The van der Waals surface area contributed by atoms with E-state index in [2.05, 4.69) is 15.9 Å². The third-order valence-electron chi connectivity index (χ3n) is 2.78. The van der Waals surface area contributed by atoms with Crippen LogP contribution in [-0.2, 0) is 0 Å². The number of piperidine rings is 1. The molecule has 16 heavy (non-hydrogen) atoms. The van der Waals surface area contributed by atoms with Gasteiger partial charge in [0.1, 0.15) is 0 Å². The van der Waals surface area contributed by atoms with Gasteiger partial charge in [0.2, 0.25) is 0 Å². The molecule has 1 N–H and O–H groups in total. The summed E-state index contributed by atoms with van der Waals surface area (Å²) in [6.45, 7) is 2.96. The molecule has 1 aliphatic rings. The van der Waals surface area contributed by atoms with E-state index in [4.69, 9.17) is 0 Å². The number of rotatable bonds is 1. The first-order valence-corrected chi connectivity index (χ1v) is 6.91. The van der Waals surface area contributed by atoms with Gasteiger partial charge in [-0.05, 0) is 41.8 Å². The summed E-state index contributed by atoms with van der Waals surface area (Å²) in [5.74, 6) is 0.0157. The Morgan fingerprint density at radius 2 is 2.44 bits per heavy atom. The Morgan fingerprint density at radius 1 is 1.69 bits per heavy atom. The molecule has 2 heterocycles. The Kier molecular flexibility index (Phi) is 3.37. The molecule has 2 rings (SSSR count). The fraction of sp³-hybridized carbons (Fsp3) is 0.545. The van der Waals surface area contributed by atoms with E-state index >= 15 is 0 Å². The van der Waals surface area contributed by atoms with Crippen LogP contribution >= 0.6 is 27.3 Å². The minimum atomic E-state index is -0.735. The van der Waals surface area contributed by atoms with Gasteiger partial charge in [-0.15, -0.1) is 11.3 Å². The number of nitrogens with zero attached hydrogens (tertiary/aromatic N) is 1. The van der Waals surface area contributed by atoms with E-state index in [1.165, 1.54) is 11.3 Å². The van der Waals surface area contributed by atoms with E-state index in [1.807, 2.05) is 11.4 Å². The van der Waals surface area contributed by atoms with Crippen molar-refractivity contribution in [1.29, 1.82) is 0 Å². The van der Waals surface area contributed by atoms with Crippen LogP contribution in [0.3, 0.4) is 0 Å². The van der Waals surface area contributed by atoms with E-state index in [0.29, 0.717) is 12.1 Å². The number of halogens is 1. The van der Waals surface area contributed by atoms with Crippen LogP contribution in [0.25, 0.3) is 0 Å². The maximum Gasteiger partial charge on any atom is 0.254 e. The summed E-state index contributed by atoms with van der Waals surface area (Å²) in [5, 5.41) is 11.8. The summed E-state index contributed by atoms with van der Waals surface area (Å²) in [6.07, 6.45) is 1.63. The number of thiophene rings is 1. The minimum absolute atomic E-state index is 0.0157. The second-order valence-electron chi connectivity index (χ2n) is 4.47. The Balaban J connectivity index is 2.10. The van der Waals surface area contributed by atoms with Crippen LogP contribution in [0.5, 0.6) is 0 Å². The minimum Gasteiger partial charge on any atom is -0.388 e. The predicted molar refractivity (Wildman–Crippen MR) is 67.8 cm³/mol. The second kappa shape index (κ2) is 4.47. The van der Waals surface area contributed by atoms with E-state index in [1.54, 1.807) is 11.8 Å². The van der Waals surface area contributed by atoms with Crippen molar-refractivity contribution in [3.63, 3.8) is 0 Å². The Bertz CT molecular complexity index is 402. The van der Waals surface area contributed by atoms with Gasteiger partial charge in [-0.1, -0.05) is 0 Å². The van der Waals surface area contributed by atoms with E-state index in [-0.39, 0.29) is 5.91 Å². The van der Waals surface area contributed by atoms with Gasteiger partial charge < -0.3 is 10.0 Å². The summed E-state index contributed by atoms with van der Waals surface area (Å²) in [7, 11) is 0. The highest BCUT2D eigenvalue weighted by atomic mass is 79.9. The first-order valence-electron chi connectivity index (χ1n) is 5.24. The Hall–Kier alpha value is -0.390. The number of amides is 1. The summed E-state index contributed by atoms with van der Waals surface area (Å²) >= 11 is 4.85. The van der Waals surface area contributed by atoms with Gasteiger partial charge in [0, 0.05) is 18.5 Å². The van der Waals surface area contributed by atoms with E-state index < -0.39 is 5.60 Å². The Labute approximate surface area is 107 Å². The van der Waals surface area contributed by atoms with E-state index in [9.17, 15) is 9.90 Å². The fourth-order valence-corrected chi connectivity index (χ4v) is 3.13. The third-order valence-corrected chi connectivity index (χ3v) is 4.28. The van der Waals surface area contributed by atoms with Crippen LogP contribution < -0.4 is 0 Å². The summed E-state index contributed by atoms with van der Waals surface area (Å²) < 4.78 is 0.958. The monoisotopic (exact) mass is 303 g/mol. The van der Waals surface area contributed by atoms with Gasteiger partial charge in [-0.2, -0.15) is 0 Å². The fourth-order valence-electron chi connectivity index (χ4n) is 2.00. The molecule has 0 spiro atoms. The number of hydrogen-bond donors (Lipinski definition) is 1. The molecule has 1 aromatic rings. The number of likely N-dealkylation sites (tertiary alicyclic amines) is 1. The lowest BCUT2D eigenvalue weighted by molar-refractivity contribution is -0.0107. The highest BCUT2D eigenvalue weighted by Crippen LogP contribution is 2.25. The van der Waals surface area contributed by atoms with Gasteiger partial charge >= 0.3 is 0 Å². The molecule has 1 amide bonds. The van der Waals surface area contributed by atoms with Crippen molar-refractivity contribution in [2.24, 2.45) is 0 Å². The van der Waals surface area contributed by atoms with Crippen LogP contribution in [0.2, 0.25) is 0 Å². The molecule has 0 bridgehead atoms. The molecule has 88 valence electrons. The number of carbonyl (C=O) groups is 1. The molecule has 3 nitrogen and oxygen atoms in total. The largest absolute Gasteiger partial charge is 0.388 e. The van der Waals surface area contributed by atoms with Crippen molar-refractivity contribution in [2.75, 3.05) is 13.1 Å². The lowest BCUT2D eigenvalue weighted by Gasteiger charge is -2.36. The van der Waals surface area contributed by atoms with Crippen molar-refractivity contribution in [3.05, 3.63) is 20.8 Å². The topological polar surface area (TPSA) is 40.5 Å². The number of β-amino-alcohol motifs (C(OH)–C–C–N with tert-alkyl or cyclic N) is 1. The molecule has 0 saturated carbocycles. The van der Waals surface area contributed by atoms with Crippen molar-refractivity contribution in [1.82, 2.24) is 4.90 Å². The van der Waals surface area contributed by atoms with Gasteiger partial charge in [-0.3, -0.25) is 4.79 Å². The summed E-state index contributed by atoms with van der Waals surface area (Å²) in [4.78, 5) is 13.8. The maximum absolute atomic E-state index is 12.1. The normalized spacial score (nSPS) is 25.8. The van der Waals surface area contributed by atoms with Crippen LogP contribution in [0.15, 0.2) is 15.2 Å². The number of carbonyl (C=O) groups excluding carboxylic acids is 1. The van der Waals surface area contributed by atoms with Crippen LogP contribution in [-0.4, -0.2) is 34.6 Å². The average Bonchev–Trinajstić information content (AvgIpc) is 2.62. The van der Waals surface area contributed by atoms with Crippen LogP contribution in [0.4, 0.5) is 0 Å². The number of hydrogen-bond acceptors (Lipinski definition) is 3. The zero-order chi connectivity index (χ0) is 11.8. The summed E-state index contributed by atoms with van der Waals surface area (Å²) in [5.41, 5.74) is -0.0316. The molecular weight excluding hydrogens is 290 g/mol. The van der Waals surface area contributed by atoms with Crippen molar-refractivity contribution >= 4 is 33.2 Å². The molecule has 1 aromatic heterocycles. The Morgan fingerprint density at radius 3 is 3.00 bits per heavy atom. The molecule has 1 fully saturated rings. The molecule has 1 aliphatic heterocycles. The molecule has 0 radical (unpaired) electrons. The quantitative estimate of drug-likeness (QED) is 0.866. The lowest BCUT2D eigenvalue weighted by atomic mass is 9.95. The van der Waals surface area contributed by atoms with Crippen molar-refractivity contribution < 1.29 is 9.90 Å². The molecule has 1 saturated heterocycles. The second-order valence-corrected chi connectivity index (χ2v) is 6.76. The van der Waals surface area contributed by atoms with E-state index in [0.717, 1.165) is 23.2 Å². The first-order chi connectivity index (χ1) is 7.48. The first kappa shape index (κ1) is 12.1. The maximum atomic E-state index is 12.1. The van der Waals surface area contributed by atoms with Gasteiger partial charge in [0.25, 0.3) is 5.91 Å².